The summed E-state index contributed by atoms with van der Waals surface area (Å²) < 4.78 is 26.2. The van der Waals surface area contributed by atoms with Crippen LogP contribution in [0.4, 0.5) is 10.1 Å². The molecule has 0 bridgehead atoms. The Balaban J connectivity index is 1.29. The summed E-state index contributed by atoms with van der Waals surface area (Å²) in [5.74, 6) is -1.69. The number of carbonyl (C=O) groups is 4. The van der Waals surface area contributed by atoms with Crippen molar-refractivity contribution in [1.29, 1.82) is 0 Å². The Morgan fingerprint density at radius 3 is 2.52 bits per heavy atom. The maximum atomic E-state index is 15.5. The number of hydrogen-bond acceptors (Lipinski definition) is 7. The highest BCUT2D eigenvalue weighted by atomic mass is 19.1. The Labute approximate surface area is 268 Å². The van der Waals surface area contributed by atoms with Gasteiger partial charge >= 0.3 is 0 Å². The zero-order valence-electron chi connectivity index (χ0n) is 26.9. The van der Waals surface area contributed by atoms with Crippen LogP contribution >= 0.6 is 0 Å². The second kappa shape index (κ2) is 15.1. The topological polar surface area (TPSA) is 134 Å². The van der Waals surface area contributed by atoms with Gasteiger partial charge in [0.25, 0.3) is 5.91 Å². The number of aliphatic imine (C=N–C) groups is 1. The third-order valence-electron chi connectivity index (χ3n) is 9.41. The lowest BCUT2D eigenvalue weighted by Crippen LogP contribution is -2.54. The first-order valence-electron chi connectivity index (χ1n) is 16.2. The lowest BCUT2D eigenvalue weighted by molar-refractivity contribution is -0.137. The molecule has 248 valence electrons. The number of carbonyl (C=O) groups excluding carboxylic acids is 4. The van der Waals surface area contributed by atoms with E-state index < -0.39 is 29.6 Å². The van der Waals surface area contributed by atoms with Gasteiger partial charge in [-0.1, -0.05) is 32.8 Å². The summed E-state index contributed by atoms with van der Waals surface area (Å²) in [5.41, 5.74) is 1.51. The molecule has 3 aliphatic rings. The molecule has 0 spiro atoms. The predicted octanol–water partition coefficient (Wildman–Crippen LogP) is 3.95. The fraction of sp³-hybridized carbons (Fsp3) is 0.559. The van der Waals surface area contributed by atoms with Gasteiger partial charge in [-0.05, 0) is 49.4 Å². The molecule has 0 radical (unpaired) electrons. The Morgan fingerprint density at radius 2 is 1.83 bits per heavy atom. The number of fused-ring (bicyclic) bond motifs is 1. The van der Waals surface area contributed by atoms with E-state index in [-0.39, 0.29) is 42.9 Å². The Kier molecular flexibility index (Phi) is 11.0. The van der Waals surface area contributed by atoms with Gasteiger partial charge in [0.05, 0.1) is 23.8 Å². The van der Waals surface area contributed by atoms with Gasteiger partial charge in [0.2, 0.25) is 17.7 Å². The first-order valence-corrected chi connectivity index (χ1v) is 16.2. The monoisotopic (exact) mass is 637 g/mol. The maximum Gasteiger partial charge on any atom is 0.280 e. The van der Waals surface area contributed by atoms with Gasteiger partial charge in [-0.15, -0.1) is 0 Å². The van der Waals surface area contributed by atoms with Crippen LogP contribution in [-0.4, -0.2) is 78.9 Å². The molecule has 3 heterocycles. The van der Waals surface area contributed by atoms with Crippen molar-refractivity contribution in [3.63, 3.8) is 0 Å². The van der Waals surface area contributed by atoms with Crippen LogP contribution in [0.25, 0.3) is 0 Å². The van der Waals surface area contributed by atoms with E-state index in [2.05, 4.69) is 27.4 Å². The molecule has 1 aromatic carbocycles. The molecular formula is C34H44FN5O6. The number of furan rings is 1. The number of nitrogens with one attached hydrogen (secondary N) is 2. The van der Waals surface area contributed by atoms with Crippen molar-refractivity contribution in [3.05, 3.63) is 52.7 Å². The average molecular weight is 638 g/mol. The molecule has 11 nitrogen and oxygen atoms in total. The summed E-state index contributed by atoms with van der Waals surface area (Å²) in [6.45, 7) is 7.07. The first-order chi connectivity index (χ1) is 22.1. The number of amides is 4. The third-order valence-corrected chi connectivity index (χ3v) is 9.41. The molecule has 2 atom stereocenters. The molecule has 2 aromatic rings. The minimum atomic E-state index is -0.828. The van der Waals surface area contributed by atoms with E-state index in [1.807, 2.05) is 7.05 Å². The van der Waals surface area contributed by atoms with E-state index in [0.29, 0.717) is 48.1 Å². The highest BCUT2D eigenvalue weighted by Crippen LogP contribution is 2.34. The number of likely N-dealkylation sites (N-methyl/N-ethyl adjacent to an activating group) is 1. The molecule has 2 aliphatic heterocycles. The molecule has 2 N–H and O–H groups in total. The quantitative estimate of drug-likeness (QED) is 0.377. The minimum absolute atomic E-state index is 0.00741. The zero-order chi connectivity index (χ0) is 32.8. The second-order valence-corrected chi connectivity index (χ2v) is 12.8. The highest BCUT2D eigenvalue weighted by Gasteiger charge is 2.32. The van der Waals surface area contributed by atoms with Gasteiger partial charge < -0.3 is 29.6 Å². The van der Waals surface area contributed by atoms with Crippen LogP contribution in [0.2, 0.25) is 0 Å². The number of halogens is 1. The average Bonchev–Trinajstić information content (AvgIpc) is 3.67. The van der Waals surface area contributed by atoms with Gasteiger partial charge in [-0.3, -0.25) is 19.2 Å². The molecule has 5 rings (SSSR count). The van der Waals surface area contributed by atoms with Crippen LogP contribution in [0.1, 0.15) is 73.2 Å². The molecule has 46 heavy (non-hydrogen) atoms. The number of nitrogens with zero attached hydrogens (tertiary/aromatic N) is 3. The van der Waals surface area contributed by atoms with Crippen LogP contribution in [0, 0.1) is 23.6 Å². The molecule has 1 unspecified atom stereocenters. The summed E-state index contributed by atoms with van der Waals surface area (Å²) in [6, 6.07) is 3.58. The van der Waals surface area contributed by atoms with Crippen LogP contribution in [0.5, 0.6) is 0 Å². The third kappa shape index (κ3) is 8.08. The molecule has 4 amide bonds. The largest absolute Gasteiger partial charge is 0.466 e. The highest BCUT2D eigenvalue weighted by molar-refractivity contribution is 6.07. The van der Waals surface area contributed by atoms with Gasteiger partial charge in [-0.25, -0.2) is 9.38 Å². The number of anilines is 1. The molecule has 12 heteroatoms. The van der Waals surface area contributed by atoms with Gasteiger partial charge in [-0.2, -0.15) is 0 Å². The summed E-state index contributed by atoms with van der Waals surface area (Å²) in [6.07, 6.45) is 6.60. The van der Waals surface area contributed by atoms with Crippen LogP contribution in [0.3, 0.4) is 0 Å². The van der Waals surface area contributed by atoms with E-state index >= 15 is 4.39 Å². The number of hydrogen-bond donors (Lipinski definition) is 2. The fourth-order valence-electron chi connectivity index (χ4n) is 6.38. The van der Waals surface area contributed by atoms with Crippen molar-refractivity contribution in [1.82, 2.24) is 15.1 Å². The van der Waals surface area contributed by atoms with Crippen molar-refractivity contribution in [3.8, 4) is 0 Å². The van der Waals surface area contributed by atoms with E-state index in [0.717, 1.165) is 38.8 Å². The number of benzene rings is 1. The van der Waals surface area contributed by atoms with Gasteiger partial charge in [0.1, 0.15) is 30.5 Å². The standard InChI is InChI=1S/C34H44FN5O6/c1-4-31(41)37-29(34(44)40-13-11-39(3)12-14-40)16-22-7-10-28(27(35)15-22)38-33(43)24(23-8-5-21(2)6-9-23)17-36-32(42)26-19-46-30-20-45-18-25(26)30/h7,10,15,17,19,21,23-24,29H,4-6,8-9,11-14,16,18,20H2,1-3H3,(H,37,41)(H,38,43)/t21?,23?,24?,29-/m1/s1. The first kappa shape index (κ1) is 33.5. The normalized spacial score (nSPS) is 21.5. The smallest absolute Gasteiger partial charge is 0.280 e. The van der Waals surface area contributed by atoms with E-state index in [4.69, 9.17) is 9.15 Å². The minimum Gasteiger partial charge on any atom is -0.466 e. The number of rotatable bonds is 10. The van der Waals surface area contributed by atoms with Crippen LogP contribution < -0.4 is 10.6 Å². The van der Waals surface area contributed by atoms with Crippen molar-refractivity contribution >= 4 is 35.5 Å². The van der Waals surface area contributed by atoms with Gasteiger partial charge in [0, 0.05) is 50.8 Å². The zero-order valence-corrected chi connectivity index (χ0v) is 26.9. The lowest BCUT2D eigenvalue weighted by atomic mass is 9.76. The Morgan fingerprint density at radius 1 is 1.09 bits per heavy atom. The van der Waals surface area contributed by atoms with Crippen molar-refractivity contribution < 1.29 is 32.7 Å². The van der Waals surface area contributed by atoms with Crippen molar-refractivity contribution in [2.45, 2.75) is 71.6 Å². The molecule has 2 fully saturated rings. The number of ether oxygens (including phenoxy) is 1. The molecule has 1 aromatic heterocycles. The van der Waals surface area contributed by atoms with Crippen molar-refractivity contribution in [2.24, 2.45) is 22.7 Å². The Bertz CT molecular complexity index is 1460. The fourth-order valence-corrected chi connectivity index (χ4v) is 6.38. The summed E-state index contributed by atoms with van der Waals surface area (Å²) in [4.78, 5) is 60.2. The van der Waals surface area contributed by atoms with Crippen molar-refractivity contribution in [2.75, 3.05) is 38.5 Å². The molecule has 1 saturated heterocycles. The van der Waals surface area contributed by atoms with Gasteiger partial charge in [0.15, 0.2) is 0 Å². The van der Waals surface area contributed by atoms with E-state index in [1.54, 1.807) is 17.9 Å². The molecule has 1 saturated carbocycles. The second-order valence-electron chi connectivity index (χ2n) is 12.8. The summed E-state index contributed by atoms with van der Waals surface area (Å²) >= 11 is 0. The predicted molar refractivity (Wildman–Crippen MR) is 170 cm³/mol. The SMILES string of the molecule is CCC(=O)N[C@H](Cc1ccc(NC(=O)C(C=NC(=O)c2coc3c2COC3)C2CCC(C)CC2)c(F)c1)C(=O)N1CCN(C)CC1. The molecular weight excluding hydrogens is 593 g/mol. The molecule has 1 aliphatic carbocycles. The summed E-state index contributed by atoms with van der Waals surface area (Å²) in [7, 11) is 1.99. The lowest BCUT2D eigenvalue weighted by Gasteiger charge is -2.34. The summed E-state index contributed by atoms with van der Waals surface area (Å²) in [5, 5.41) is 5.51. The maximum absolute atomic E-state index is 15.5. The van der Waals surface area contributed by atoms with E-state index in [9.17, 15) is 19.2 Å². The van der Waals surface area contributed by atoms with Crippen LogP contribution in [0.15, 0.2) is 33.9 Å². The van der Waals surface area contributed by atoms with Crippen LogP contribution in [-0.2, 0) is 38.8 Å². The Hall–Kier alpha value is -3.90. The number of piperazine rings is 1. The van der Waals surface area contributed by atoms with E-state index in [1.165, 1.54) is 24.6 Å².